The summed E-state index contributed by atoms with van der Waals surface area (Å²) in [5.41, 5.74) is -0.667. The molecule has 2 atom stereocenters. The number of hydrogen-bond donors (Lipinski definition) is 1. The molecule has 0 aromatic rings. The zero-order chi connectivity index (χ0) is 13.4. The first-order valence-corrected chi connectivity index (χ1v) is 6.68. The lowest BCUT2D eigenvalue weighted by atomic mass is 9.93. The molecule has 1 amide bonds. The van der Waals surface area contributed by atoms with Crippen molar-refractivity contribution >= 4 is 6.09 Å². The van der Waals surface area contributed by atoms with E-state index < -0.39 is 5.60 Å². The molecule has 2 rings (SSSR count). The highest BCUT2D eigenvalue weighted by Crippen LogP contribution is 2.31. The highest BCUT2D eigenvalue weighted by Gasteiger charge is 2.47. The van der Waals surface area contributed by atoms with Gasteiger partial charge in [0.15, 0.2) is 0 Å². The quantitative estimate of drug-likeness (QED) is 0.711. The molecule has 2 fully saturated rings. The van der Waals surface area contributed by atoms with Crippen molar-refractivity contribution in [3.05, 3.63) is 0 Å². The van der Waals surface area contributed by atoms with Crippen molar-refractivity contribution in [1.29, 1.82) is 0 Å². The zero-order valence-corrected chi connectivity index (χ0v) is 11.8. The molecule has 1 N–H and O–H groups in total. The van der Waals surface area contributed by atoms with Gasteiger partial charge in [0, 0.05) is 19.1 Å². The Morgan fingerprint density at radius 2 is 2.22 bits per heavy atom. The minimum absolute atomic E-state index is 0.227. The lowest BCUT2D eigenvalue weighted by molar-refractivity contribution is -0.0841. The number of ether oxygens (including phenoxy) is 2. The van der Waals surface area contributed by atoms with Crippen LogP contribution < -0.4 is 5.32 Å². The molecule has 5 heteroatoms. The molecule has 1 spiro atoms. The molecular formula is C13H24N2O3. The van der Waals surface area contributed by atoms with Crippen molar-refractivity contribution in [2.75, 3.05) is 26.2 Å². The molecule has 104 valence electrons. The summed E-state index contributed by atoms with van der Waals surface area (Å²) < 4.78 is 11.3. The van der Waals surface area contributed by atoms with E-state index in [1.54, 1.807) is 4.90 Å². The Hall–Kier alpha value is -0.810. The third-order valence-electron chi connectivity index (χ3n) is 3.65. The van der Waals surface area contributed by atoms with Gasteiger partial charge in [-0.05, 0) is 34.1 Å². The van der Waals surface area contributed by atoms with Gasteiger partial charge >= 0.3 is 6.09 Å². The van der Waals surface area contributed by atoms with Gasteiger partial charge in [-0.15, -0.1) is 0 Å². The summed E-state index contributed by atoms with van der Waals surface area (Å²) >= 11 is 0. The molecule has 2 aliphatic rings. The summed E-state index contributed by atoms with van der Waals surface area (Å²) in [6, 6.07) is 0.277. The van der Waals surface area contributed by atoms with Crippen LogP contribution in [0.5, 0.6) is 0 Å². The van der Waals surface area contributed by atoms with E-state index in [0.29, 0.717) is 19.7 Å². The normalized spacial score (nSPS) is 32.9. The number of nitrogens with one attached hydrogen (secondary N) is 1. The average Bonchev–Trinajstić information content (AvgIpc) is 2.66. The fraction of sp³-hybridized carbons (Fsp3) is 0.923. The second-order valence-corrected chi connectivity index (χ2v) is 6.24. The van der Waals surface area contributed by atoms with E-state index in [1.807, 2.05) is 20.8 Å². The predicted octanol–water partition coefficient (Wildman–Crippen LogP) is 1.37. The van der Waals surface area contributed by atoms with Crippen LogP contribution in [-0.2, 0) is 9.47 Å². The highest BCUT2D eigenvalue weighted by molar-refractivity contribution is 5.68. The Balaban J connectivity index is 1.97. The molecule has 2 heterocycles. The topological polar surface area (TPSA) is 50.8 Å². The molecule has 2 aliphatic heterocycles. The van der Waals surface area contributed by atoms with Crippen LogP contribution in [-0.4, -0.2) is 54.5 Å². The number of hydrogen-bond acceptors (Lipinski definition) is 4. The minimum Gasteiger partial charge on any atom is -0.444 e. The predicted molar refractivity (Wildman–Crippen MR) is 68.6 cm³/mol. The second kappa shape index (κ2) is 4.70. The molecule has 0 bridgehead atoms. The van der Waals surface area contributed by atoms with E-state index in [4.69, 9.17) is 9.47 Å². The SMILES string of the molecule is CC1NCCOC12CCN(C(=O)OC(C)(C)C)C2. The van der Waals surface area contributed by atoms with Crippen LogP contribution in [0.2, 0.25) is 0 Å². The van der Waals surface area contributed by atoms with Gasteiger partial charge in [0.1, 0.15) is 11.2 Å². The smallest absolute Gasteiger partial charge is 0.410 e. The Kier molecular flexibility index (Phi) is 3.56. The monoisotopic (exact) mass is 256 g/mol. The number of morpholine rings is 1. The fourth-order valence-electron chi connectivity index (χ4n) is 2.60. The van der Waals surface area contributed by atoms with Gasteiger partial charge in [-0.2, -0.15) is 0 Å². The number of amides is 1. The third kappa shape index (κ3) is 2.78. The van der Waals surface area contributed by atoms with E-state index in [0.717, 1.165) is 13.0 Å². The standard InChI is InChI=1S/C13H24N2O3/c1-10-13(17-8-6-14-10)5-7-15(9-13)11(16)18-12(2,3)4/h10,14H,5-9H2,1-4H3. The number of carbonyl (C=O) groups excluding carboxylic acids is 1. The number of carbonyl (C=O) groups is 1. The minimum atomic E-state index is -0.440. The van der Waals surface area contributed by atoms with Crippen LogP contribution >= 0.6 is 0 Å². The van der Waals surface area contributed by atoms with E-state index >= 15 is 0 Å². The highest BCUT2D eigenvalue weighted by atomic mass is 16.6. The van der Waals surface area contributed by atoms with Crippen LogP contribution in [0.15, 0.2) is 0 Å². The summed E-state index contributed by atoms with van der Waals surface area (Å²) in [6.07, 6.45) is 0.640. The molecule has 0 aromatic heterocycles. The van der Waals surface area contributed by atoms with Crippen molar-refractivity contribution in [3.8, 4) is 0 Å². The lowest BCUT2D eigenvalue weighted by Gasteiger charge is -2.40. The first-order chi connectivity index (χ1) is 8.32. The van der Waals surface area contributed by atoms with Crippen molar-refractivity contribution < 1.29 is 14.3 Å². The van der Waals surface area contributed by atoms with Crippen molar-refractivity contribution in [2.24, 2.45) is 0 Å². The van der Waals surface area contributed by atoms with Crippen molar-refractivity contribution in [3.63, 3.8) is 0 Å². The first kappa shape index (κ1) is 13.6. The van der Waals surface area contributed by atoms with Gasteiger partial charge in [0.05, 0.1) is 13.2 Å². The Bertz CT molecular complexity index is 327. The number of likely N-dealkylation sites (tertiary alicyclic amines) is 1. The summed E-state index contributed by atoms with van der Waals surface area (Å²) in [7, 11) is 0. The van der Waals surface area contributed by atoms with E-state index in [9.17, 15) is 4.79 Å². The molecular weight excluding hydrogens is 232 g/mol. The maximum Gasteiger partial charge on any atom is 0.410 e. The number of nitrogens with zero attached hydrogens (tertiary/aromatic N) is 1. The van der Waals surface area contributed by atoms with Crippen molar-refractivity contribution in [2.45, 2.75) is 51.4 Å². The van der Waals surface area contributed by atoms with Crippen LogP contribution in [0.25, 0.3) is 0 Å². The van der Waals surface area contributed by atoms with Gasteiger partial charge in [0.25, 0.3) is 0 Å². The third-order valence-corrected chi connectivity index (χ3v) is 3.65. The van der Waals surface area contributed by atoms with Crippen LogP contribution in [0.1, 0.15) is 34.1 Å². The van der Waals surface area contributed by atoms with Crippen LogP contribution in [0.4, 0.5) is 4.79 Å². The van der Waals surface area contributed by atoms with E-state index in [1.165, 1.54) is 0 Å². The lowest BCUT2D eigenvalue weighted by Crippen LogP contribution is -2.58. The van der Waals surface area contributed by atoms with Gasteiger partial charge in [-0.3, -0.25) is 0 Å². The molecule has 0 aliphatic carbocycles. The Morgan fingerprint density at radius 1 is 1.50 bits per heavy atom. The molecule has 0 radical (unpaired) electrons. The largest absolute Gasteiger partial charge is 0.444 e. The maximum atomic E-state index is 12.0. The number of rotatable bonds is 0. The average molecular weight is 256 g/mol. The summed E-state index contributed by atoms with van der Waals surface area (Å²) in [4.78, 5) is 13.8. The second-order valence-electron chi connectivity index (χ2n) is 6.24. The Morgan fingerprint density at radius 3 is 2.83 bits per heavy atom. The summed E-state index contributed by atoms with van der Waals surface area (Å²) in [5.74, 6) is 0. The molecule has 0 saturated carbocycles. The van der Waals surface area contributed by atoms with E-state index in [-0.39, 0.29) is 17.7 Å². The van der Waals surface area contributed by atoms with Crippen molar-refractivity contribution in [1.82, 2.24) is 10.2 Å². The molecule has 18 heavy (non-hydrogen) atoms. The summed E-state index contributed by atoms with van der Waals surface area (Å²) in [5, 5.41) is 3.42. The first-order valence-electron chi connectivity index (χ1n) is 6.68. The van der Waals surface area contributed by atoms with Crippen LogP contribution in [0, 0.1) is 0 Å². The maximum absolute atomic E-state index is 12.0. The zero-order valence-electron chi connectivity index (χ0n) is 11.8. The van der Waals surface area contributed by atoms with Crippen LogP contribution in [0.3, 0.4) is 0 Å². The van der Waals surface area contributed by atoms with Gasteiger partial charge in [-0.1, -0.05) is 0 Å². The van der Waals surface area contributed by atoms with Gasteiger partial charge in [0.2, 0.25) is 0 Å². The molecule has 0 aromatic carbocycles. The molecule has 5 nitrogen and oxygen atoms in total. The molecule has 2 saturated heterocycles. The van der Waals surface area contributed by atoms with Gasteiger partial charge < -0.3 is 19.7 Å². The molecule has 2 unspecified atom stereocenters. The Labute approximate surface area is 109 Å². The fourth-order valence-corrected chi connectivity index (χ4v) is 2.60. The summed E-state index contributed by atoms with van der Waals surface area (Å²) in [6.45, 7) is 10.7. The van der Waals surface area contributed by atoms with E-state index in [2.05, 4.69) is 12.2 Å². The van der Waals surface area contributed by atoms with Gasteiger partial charge in [-0.25, -0.2) is 4.79 Å².